The van der Waals surface area contributed by atoms with Gasteiger partial charge in [-0.15, -0.1) is 0 Å². The number of hydrogen-bond donors (Lipinski definition) is 2. The molecule has 0 saturated heterocycles. The molecule has 0 unspecified atom stereocenters. The highest BCUT2D eigenvalue weighted by Gasteiger charge is 2.63. The maximum Gasteiger partial charge on any atom is 0.247 e. The SMILES string of the molecule is Cc1cc(COc2ccc(C[C@]3(C(=O)N(C)Cc4ccccc4)C[C@@H]3C(=O)NO)cc2)c2ccccc2n1. The Bertz CT molecular complexity index is 1460. The lowest BCUT2D eigenvalue weighted by Gasteiger charge is -2.25. The number of hydrogen-bond acceptors (Lipinski definition) is 5. The summed E-state index contributed by atoms with van der Waals surface area (Å²) in [6.07, 6.45) is 0.793. The molecule has 7 heteroatoms. The number of carbonyl (C=O) groups excluding carboxylic acids is 2. The lowest BCUT2D eigenvalue weighted by atomic mass is 9.91. The zero-order chi connectivity index (χ0) is 26.7. The molecule has 2 amide bonds. The van der Waals surface area contributed by atoms with Gasteiger partial charge < -0.3 is 9.64 Å². The van der Waals surface area contributed by atoms with Gasteiger partial charge in [0.25, 0.3) is 0 Å². The Morgan fingerprint density at radius 1 is 1.03 bits per heavy atom. The summed E-state index contributed by atoms with van der Waals surface area (Å²) in [5, 5.41) is 10.3. The largest absolute Gasteiger partial charge is 0.489 e. The zero-order valence-corrected chi connectivity index (χ0v) is 21.6. The van der Waals surface area contributed by atoms with Crippen molar-refractivity contribution in [3.05, 3.63) is 107 Å². The Kier molecular flexibility index (Phi) is 7.11. The van der Waals surface area contributed by atoms with Gasteiger partial charge in [0.1, 0.15) is 12.4 Å². The third-order valence-electron chi connectivity index (χ3n) is 7.30. The van der Waals surface area contributed by atoms with E-state index in [0.717, 1.165) is 33.3 Å². The lowest BCUT2D eigenvalue weighted by Crippen LogP contribution is -2.38. The van der Waals surface area contributed by atoms with Crippen LogP contribution in [0.1, 0.15) is 28.8 Å². The van der Waals surface area contributed by atoms with Crippen molar-refractivity contribution in [2.24, 2.45) is 11.3 Å². The van der Waals surface area contributed by atoms with Crippen LogP contribution in [0, 0.1) is 18.3 Å². The van der Waals surface area contributed by atoms with E-state index in [4.69, 9.17) is 4.74 Å². The third-order valence-corrected chi connectivity index (χ3v) is 7.30. The molecule has 0 spiro atoms. The van der Waals surface area contributed by atoms with Crippen molar-refractivity contribution in [1.82, 2.24) is 15.4 Å². The first-order valence-corrected chi connectivity index (χ1v) is 12.7. The Balaban J connectivity index is 1.29. The number of pyridine rings is 1. The average molecular weight is 510 g/mol. The zero-order valence-electron chi connectivity index (χ0n) is 21.6. The van der Waals surface area contributed by atoms with E-state index in [1.165, 1.54) is 0 Å². The van der Waals surface area contributed by atoms with Crippen LogP contribution >= 0.6 is 0 Å². The molecule has 0 aliphatic heterocycles. The van der Waals surface area contributed by atoms with Crippen LogP contribution in [0.3, 0.4) is 0 Å². The van der Waals surface area contributed by atoms with Gasteiger partial charge in [-0.1, -0.05) is 60.7 Å². The van der Waals surface area contributed by atoms with E-state index >= 15 is 0 Å². The number of para-hydroxylation sites is 1. The number of ether oxygens (including phenoxy) is 1. The van der Waals surface area contributed by atoms with Gasteiger partial charge in [-0.3, -0.25) is 19.8 Å². The summed E-state index contributed by atoms with van der Waals surface area (Å²) >= 11 is 0. The molecule has 38 heavy (non-hydrogen) atoms. The van der Waals surface area contributed by atoms with Crippen molar-refractivity contribution < 1.29 is 19.5 Å². The third kappa shape index (κ3) is 5.24. The fraction of sp³-hybridized carbons (Fsp3) is 0.258. The number of rotatable bonds is 9. The molecule has 1 fully saturated rings. The first-order valence-electron chi connectivity index (χ1n) is 12.7. The van der Waals surface area contributed by atoms with Crippen LogP contribution in [0.15, 0.2) is 84.9 Å². The molecule has 7 nitrogen and oxygen atoms in total. The highest BCUT2D eigenvalue weighted by atomic mass is 16.5. The summed E-state index contributed by atoms with van der Waals surface area (Å²) in [4.78, 5) is 32.1. The molecule has 0 bridgehead atoms. The second-order valence-electron chi connectivity index (χ2n) is 10.1. The van der Waals surface area contributed by atoms with E-state index in [-0.39, 0.29) is 5.91 Å². The van der Waals surface area contributed by atoms with Crippen LogP contribution < -0.4 is 10.2 Å². The van der Waals surface area contributed by atoms with Crippen molar-refractivity contribution in [2.75, 3.05) is 7.05 Å². The summed E-state index contributed by atoms with van der Waals surface area (Å²) < 4.78 is 6.08. The minimum atomic E-state index is -0.883. The summed E-state index contributed by atoms with van der Waals surface area (Å²) in [7, 11) is 1.75. The molecular formula is C31H31N3O4. The van der Waals surface area contributed by atoms with Gasteiger partial charge in [-0.05, 0) is 55.2 Å². The van der Waals surface area contributed by atoms with Crippen LogP contribution in [-0.4, -0.2) is 34.0 Å². The molecule has 1 aliphatic carbocycles. The normalized spacial score (nSPS) is 18.1. The van der Waals surface area contributed by atoms with Gasteiger partial charge >= 0.3 is 0 Å². The molecule has 1 aliphatic rings. The number of amides is 2. The molecule has 2 N–H and O–H groups in total. The minimum Gasteiger partial charge on any atom is -0.489 e. The second kappa shape index (κ2) is 10.6. The summed E-state index contributed by atoms with van der Waals surface area (Å²) in [5.74, 6) is -0.479. The molecule has 2 atom stereocenters. The van der Waals surface area contributed by atoms with E-state index in [1.54, 1.807) is 17.4 Å². The lowest BCUT2D eigenvalue weighted by molar-refractivity contribution is -0.140. The number of benzene rings is 3. The van der Waals surface area contributed by atoms with E-state index < -0.39 is 17.2 Å². The molecule has 0 radical (unpaired) electrons. The van der Waals surface area contributed by atoms with E-state index in [0.29, 0.717) is 31.7 Å². The maximum absolute atomic E-state index is 13.6. The summed E-state index contributed by atoms with van der Waals surface area (Å²) in [5.41, 5.74) is 5.75. The molecule has 1 heterocycles. The highest BCUT2D eigenvalue weighted by Crippen LogP contribution is 2.56. The quantitative estimate of drug-likeness (QED) is 0.249. The molecule has 3 aromatic carbocycles. The van der Waals surface area contributed by atoms with Crippen molar-refractivity contribution >= 4 is 22.7 Å². The molecule has 1 saturated carbocycles. The summed E-state index contributed by atoms with van der Waals surface area (Å²) in [6, 6.07) is 27.4. The molecule has 4 aromatic rings. The molecule has 1 aromatic heterocycles. The topological polar surface area (TPSA) is 91.8 Å². The fourth-order valence-electron chi connectivity index (χ4n) is 5.29. The molecular weight excluding hydrogens is 478 g/mol. The van der Waals surface area contributed by atoms with Crippen LogP contribution in [0.5, 0.6) is 5.75 Å². The Hall–Kier alpha value is -4.23. The number of hydroxylamine groups is 1. The predicted molar refractivity (Wildman–Crippen MR) is 144 cm³/mol. The fourth-order valence-corrected chi connectivity index (χ4v) is 5.29. The van der Waals surface area contributed by atoms with Crippen LogP contribution in [-0.2, 0) is 29.2 Å². The van der Waals surface area contributed by atoms with Gasteiger partial charge in [-0.25, -0.2) is 5.48 Å². The van der Waals surface area contributed by atoms with Gasteiger partial charge in [0.05, 0.1) is 16.8 Å². The number of fused-ring (bicyclic) bond motifs is 1. The number of aromatic nitrogens is 1. The van der Waals surface area contributed by atoms with Crippen molar-refractivity contribution in [2.45, 2.75) is 32.9 Å². The van der Waals surface area contributed by atoms with Gasteiger partial charge in [0.15, 0.2) is 0 Å². The smallest absolute Gasteiger partial charge is 0.247 e. The number of nitrogens with zero attached hydrogens (tertiary/aromatic N) is 2. The summed E-state index contributed by atoms with van der Waals surface area (Å²) in [6.45, 7) is 2.83. The van der Waals surface area contributed by atoms with E-state index in [2.05, 4.69) is 4.98 Å². The Morgan fingerprint density at radius 3 is 2.47 bits per heavy atom. The first kappa shape index (κ1) is 25.4. The Morgan fingerprint density at radius 2 is 1.74 bits per heavy atom. The van der Waals surface area contributed by atoms with Crippen LogP contribution in [0.4, 0.5) is 0 Å². The maximum atomic E-state index is 13.6. The molecule has 5 rings (SSSR count). The highest BCUT2D eigenvalue weighted by molar-refractivity contribution is 5.95. The second-order valence-corrected chi connectivity index (χ2v) is 10.1. The van der Waals surface area contributed by atoms with Gasteiger partial charge in [-0.2, -0.15) is 0 Å². The molecule has 194 valence electrons. The monoisotopic (exact) mass is 509 g/mol. The van der Waals surface area contributed by atoms with Crippen molar-refractivity contribution in [1.29, 1.82) is 0 Å². The van der Waals surface area contributed by atoms with Gasteiger partial charge in [0.2, 0.25) is 11.8 Å². The predicted octanol–water partition coefficient (Wildman–Crippen LogP) is 4.84. The number of nitrogens with one attached hydrogen (secondary N) is 1. The van der Waals surface area contributed by atoms with Gasteiger partial charge in [0, 0.05) is 30.2 Å². The standard InChI is InChI=1S/C31H31N3O4/c1-21-16-24(26-10-6-7-11-28(26)32-21)20-38-25-14-12-22(13-15-25)17-31(18-27(31)29(35)33-37)30(36)34(2)19-23-8-4-3-5-9-23/h3-16,27,37H,17-20H2,1-2H3,(H,33,35)/t27-,31+/m1/s1. The minimum absolute atomic E-state index is 0.102. The number of aryl methyl sites for hydroxylation is 1. The Labute approximate surface area is 222 Å². The average Bonchev–Trinajstić information content (AvgIpc) is 3.67. The number of carbonyl (C=O) groups is 2. The van der Waals surface area contributed by atoms with E-state index in [1.807, 2.05) is 91.9 Å². The van der Waals surface area contributed by atoms with Crippen molar-refractivity contribution in [3.63, 3.8) is 0 Å². The first-order chi connectivity index (χ1) is 18.4. The van der Waals surface area contributed by atoms with Crippen LogP contribution in [0.2, 0.25) is 0 Å². The van der Waals surface area contributed by atoms with Crippen LogP contribution in [0.25, 0.3) is 10.9 Å². The van der Waals surface area contributed by atoms with E-state index in [9.17, 15) is 14.8 Å². The van der Waals surface area contributed by atoms with Crippen molar-refractivity contribution in [3.8, 4) is 5.75 Å².